The summed E-state index contributed by atoms with van der Waals surface area (Å²) in [6, 6.07) is -2.52. The number of aliphatic hydroxyl groups is 1. The monoisotopic (exact) mass is 568 g/mol. The first-order valence-electron chi connectivity index (χ1n) is 10.3. The molecule has 35 heavy (non-hydrogen) atoms. The van der Waals surface area contributed by atoms with E-state index in [2.05, 4.69) is 31.3 Å². The lowest BCUT2D eigenvalue weighted by atomic mass is 9.86. The highest BCUT2D eigenvalue weighted by Gasteiger charge is 2.61. The second-order valence-electron chi connectivity index (χ2n) is 7.65. The van der Waals surface area contributed by atoms with Gasteiger partial charge in [0.05, 0.1) is 19.2 Å². The number of amides is 2. The van der Waals surface area contributed by atoms with E-state index < -0.39 is 83.3 Å². The number of halogens is 1. The number of carbonyl (C=O) groups is 6. The van der Waals surface area contributed by atoms with Crippen molar-refractivity contribution in [1.29, 1.82) is 0 Å². The lowest BCUT2D eigenvalue weighted by Crippen LogP contribution is -2.75. The van der Waals surface area contributed by atoms with Gasteiger partial charge in [0.2, 0.25) is 11.8 Å². The zero-order valence-corrected chi connectivity index (χ0v) is 21.6. The number of methoxy groups -OCH3 is 1. The first-order chi connectivity index (χ1) is 16.1. The van der Waals surface area contributed by atoms with E-state index in [1.165, 1.54) is 0 Å². The molecule has 1 saturated heterocycles. The summed E-state index contributed by atoms with van der Waals surface area (Å²) in [7, 11) is 0.970. The molecular weight excluding hydrogens is 540 g/mol. The van der Waals surface area contributed by atoms with Crippen LogP contribution < -0.4 is 10.6 Å². The molecule has 15 heteroatoms. The molecule has 0 aromatic carbocycles. The lowest BCUT2D eigenvalue weighted by molar-refractivity contribution is -0.283. The molecule has 1 fully saturated rings. The maximum absolute atomic E-state index is 12.5. The number of rotatable bonds is 9. The molecule has 0 spiro atoms. The maximum atomic E-state index is 12.5. The summed E-state index contributed by atoms with van der Waals surface area (Å²) in [6.07, 6.45) is -4.80. The van der Waals surface area contributed by atoms with Gasteiger partial charge < -0.3 is 39.4 Å². The van der Waals surface area contributed by atoms with Crippen LogP contribution in [0.2, 0.25) is 0 Å². The average Bonchev–Trinajstić information content (AvgIpc) is 2.73. The van der Waals surface area contributed by atoms with Gasteiger partial charge in [0, 0.05) is 34.6 Å². The quantitative estimate of drug-likeness (QED) is 0.165. The zero-order valence-electron chi connectivity index (χ0n) is 20.0. The first kappa shape index (κ1) is 30.3. The molecule has 1 aliphatic heterocycles. The molecule has 0 unspecified atom stereocenters. The fourth-order valence-electron chi connectivity index (χ4n) is 3.51. The highest BCUT2D eigenvalue weighted by Crippen LogP contribution is 2.37. The number of esters is 4. The molecule has 0 saturated carbocycles. The van der Waals surface area contributed by atoms with Crippen LogP contribution in [-0.2, 0) is 52.5 Å². The van der Waals surface area contributed by atoms with E-state index in [9.17, 15) is 33.9 Å². The van der Waals surface area contributed by atoms with Crippen molar-refractivity contribution < 1.29 is 57.6 Å². The van der Waals surface area contributed by atoms with E-state index in [0.717, 1.165) is 41.7 Å². The van der Waals surface area contributed by atoms with Gasteiger partial charge in [0.25, 0.3) is 5.79 Å². The van der Waals surface area contributed by atoms with Crippen molar-refractivity contribution in [3.05, 3.63) is 0 Å². The Morgan fingerprint density at radius 1 is 0.914 bits per heavy atom. The van der Waals surface area contributed by atoms with Gasteiger partial charge in [-0.1, -0.05) is 15.9 Å². The smallest absolute Gasteiger partial charge is 0.367 e. The zero-order chi connectivity index (χ0) is 27.1. The number of hydrogen-bond donors (Lipinski definition) is 3. The van der Waals surface area contributed by atoms with E-state index in [-0.39, 0.29) is 0 Å². The highest BCUT2D eigenvalue weighted by atomic mass is 79.9. The summed E-state index contributed by atoms with van der Waals surface area (Å²) in [6.45, 7) is 4.83. The summed E-state index contributed by atoms with van der Waals surface area (Å²) in [5.41, 5.74) is 0. The van der Waals surface area contributed by atoms with Crippen LogP contribution in [0.25, 0.3) is 0 Å². The molecule has 7 atom stereocenters. The topological polar surface area (TPSA) is 193 Å². The minimum atomic E-state index is -2.78. The van der Waals surface area contributed by atoms with Crippen molar-refractivity contribution >= 4 is 51.6 Å². The minimum absolute atomic E-state index is 0.608. The van der Waals surface area contributed by atoms with Gasteiger partial charge in [-0.2, -0.15) is 0 Å². The van der Waals surface area contributed by atoms with Crippen LogP contribution >= 0.6 is 15.9 Å². The van der Waals surface area contributed by atoms with Crippen LogP contribution in [0.3, 0.4) is 0 Å². The van der Waals surface area contributed by atoms with Gasteiger partial charge in [-0.3, -0.25) is 24.0 Å². The van der Waals surface area contributed by atoms with Crippen molar-refractivity contribution in [2.45, 2.75) is 75.6 Å². The molecule has 0 bridgehead atoms. The SMILES string of the molecule is COC(=O)[C@@]1(O)O[C@@H]([C@@H](OC(C)=O)[C@@H](COC(C)=O)OC(C)=O)[C@H](NC(C)=O)[C@H](NC(C)=O)[C@@H]1Br. The van der Waals surface area contributed by atoms with Gasteiger partial charge in [-0.15, -0.1) is 0 Å². The van der Waals surface area contributed by atoms with Crippen molar-refractivity contribution in [2.75, 3.05) is 13.7 Å². The molecular formula is C20H29BrN2O12. The predicted octanol–water partition coefficient (Wildman–Crippen LogP) is -1.55. The Balaban J connectivity index is 3.74. The Hall–Kier alpha value is -2.78. The summed E-state index contributed by atoms with van der Waals surface area (Å²) >= 11 is 3.13. The van der Waals surface area contributed by atoms with Crippen LogP contribution in [-0.4, -0.2) is 95.5 Å². The molecule has 0 aliphatic carbocycles. The third-order valence-electron chi connectivity index (χ3n) is 4.72. The number of carbonyl (C=O) groups excluding carboxylic acids is 6. The number of ether oxygens (including phenoxy) is 5. The normalized spacial score (nSPS) is 27.4. The summed E-state index contributed by atoms with van der Waals surface area (Å²) in [4.78, 5) is 70.3. The van der Waals surface area contributed by atoms with Crippen molar-refractivity contribution in [1.82, 2.24) is 10.6 Å². The molecule has 0 aromatic rings. The number of nitrogens with one attached hydrogen (secondary N) is 2. The largest absolute Gasteiger partial charge is 0.465 e. The summed E-state index contributed by atoms with van der Waals surface area (Å²) < 4.78 is 25.7. The molecule has 2 amide bonds. The van der Waals surface area contributed by atoms with Crippen LogP contribution in [0.1, 0.15) is 34.6 Å². The van der Waals surface area contributed by atoms with E-state index in [1.807, 2.05) is 0 Å². The van der Waals surface area contributed by atoms with Crippen molar-refractivity contribution in [3.8, 4) is 0 Å². The van der Waals surface area contributed by atoms with Gasteiger partial charge >= 0.3 is 23.9 Å². The molecule has 1 aliphatic rings. The Kier molecular flexibility index (Phi) is 11.1. The van der Waals surface area contributed by atoms with Gasteiger partial charge in [-0.05, 0) is 0 Å². The van der Waals surface area contributed by atoms with Gasteiger partial charge in [0.1, 0.15) is 17.5 Å². The van der Waals surface area contributed by atoms with Gasteiger partial charge in [0.15, 0.2) is 12.2 Å². The van der Waals surface area contributed by atoms with Crippen LogP contribution in [0.5, 0.6) is 0 Å². The molecule has 198 valence electrons. The minimum Gasteiger partial charge on any atom is -0.465 e. The highest BCUT2D eigenvalue weighted by molar-refractivity contribution is 9.09. The standard InChI is InChI=1S/C20H29BrN2O12/c1-8(24)22-14-15(23-9(2)25)18(21)20(30,19(29)31-6)35-17(14)16(34-12(5)28)13(33-11(4)27)7-32-10(3)26/h13-18,30H,7H2,1-6H3,(H,22,24)(H,23,25)/t13-,14-,15+,16+,17-,18+,20+/m1/s1. The fourth-order valence-corrected chi connectivity index (χ4v) is 4.27. The molecule has 3 N–H and O–H groups in total. The van der Waals surface area contributed by atoms with Crippen molar-refractivity contribution in [2.24, 2.45) is 0 Å². The van der Waals surface area contributed by atoms with E-state index in [1.54, 1.807) is 0 Å². The Bertz CT molecular complexity index is 852. The average molecular weight is 569 g/mol. The Labute approximate surface area is 209 Å². The summed E-state index contributed by atoms with van der Waals surface area (Å²) in [5, 5.41) is 16.2. The molecule has 1 rings (SSSR count). The predicted molar refractivity (Wildman–Crippen MR) is 118 cm³/mol. The molecule has 1 heterocycles. The number of hydrogen-bond acceptors (Lipinski definition) is 12. The van der Waals surface area contributed by atoms with Crippen molar-refractivity contribution in [3.63, 3.8) is 0 Å². The molecule has 0 aromatic heterocycles. The third kappa shape index (κ3) is 8.14. The fraction of sp³-hybridized carbons (Fsp3) is 0.700. The Morgan fingerprint density at radius 2 is 1.43 bits per heavy atom. The van der Waals surface area contributed by atoms with E-state index >= 15 is 0 Å². The number of alkyl halides is 1. The van der Waals surface area contributed by atoms with E-state index in [4.69, 9.17) is 18.9 Å². The first-order valence-corrected chi connectivity index (χ1v) is 11.2. The summed E-state index contributed by atoms with van der Waals surface area (Å²) in [5.74, 6) is -7.80. The second-order valence-corrected chi connectivity index (χ2v) is 8.64. The van der Waals surface area contributed by atoms with Gasteiger partial charge in [-0.25, -0.2) is 4.79 Å². The Morgan fingerprint density at radius 3 is 1.86 bits per heavy atom. The molecule has 14 nitrogen and oxygen atoms in total. The van der Waals surface area contributed by atoms with E-state index in [0.29, 0.717) is 0 Å². The molecule has 0 radical (unpaired) electrons. The van der Waals surface area contributed by atoms with Crippen LogP contribution in [0, 0.1) is 0 Å². The maximum Gasteiger partial charge on any atom is 0.367 e. The van der Waals surface area contributed by atoms with Crippen LogP contribution in [0.15, 0.2) is 0 Å². The second kappa shape index (κ2) is 12.8. The van der Waals surface area contributed by atoms with Crippen LogP contribution in [0.4, 0.5) is 0 Å². The third-order valence-corrected chi connectivity index (χ3v) is 5.91. The lowest BCUT2D eigenvalue weighted by Gasteiger charge is -2.50.